The van der Waals surface area contributed by atoms with Gasteiger partial charge in [0, 0.05) is 12.2 Å². The maximum Gasteiger partial charge on any atom is 0.141 e. The molecule has 1 aliphatic carbocycles. The van der Waals surface area contributed by atoms with E-state index in [0.717, 1.165) is 5.92 Å². The van der Waals surface area contributed by atoms with Crippen LogP contribution in [0.1, 0.15) is 45.1 Å². The van der Waals surface area contributed by atoms with Gasteiger partial charge in [-0.25, -0.2) is 4.98 Å². The van der Waals surface area contributed by atoms with Gasteiger partial charge in [-0.1, -0.05) is 26.2 Å². The lowest BCUT2D eigenvalue weighted by atomic mass is 9.83. The first-order chi connectivity index (χ1) is 6.81. The molecule has 2 unspecified atom stereocenters. The van der Waals surface area contributed by atoms with Gasteiger partial charge in [-0.15, -0.1) is 0 Å². The maximum absolute atomic E-state index is 5.64. The highest BCUT2D eigenvalue weighted by molar-refractivity contribution is 5.23. The van der Waals surface area contributed by atoms with Crippen LogP contribution in [0.15, 0.2) is 12.5 Å². The minimum Gasteiger partial charge on any atom is -0.382 e. The SMILES string of the molecule is CCC1CCCCC1n1cnc(N)c1. The van der Waals surface area contributed by atoms with Gasteiger partial charge in [-0.3, -0.25) is 0 Å². The van der Waals surface area contributed by atoms with E-state index in [0.29, 0.717) is 11.9 Å². The van der Waals surface area contributed by atoms with Gasteiger partial charge in [0.1, 0.15) is 5.82 Å². The van der Waals surface area contributed by atoms with Crippen LogP contribution in [0, 0.1) is 5.92 Å². The molecular weight excluding hydrogens is 174 g/mol. The van der Waals surface area contributed by atoms with E-state index < -0.39 is 0 Å². The molecule has 0 aromatic carbocycles. The van der Waals surface area contributed by atoms with E-state index in [1.807, 2.05) is 12.5 Å². The van der Waals surface area contributed by atoms with Crippen molar-refractivity contribution in [2.75, 3.05) is 5.73 Å². The number of rotatable bonds is 2. The molecule has 1 heterocycles. The molecule has 14 heavy (non-hydrogen) atoms. The van der Waals surface area contributed by atoms with Crippen molar-refractivity contribution < 1.29 is 0 Å². The minimum absolute atomic E-state index is 0.638. The molecule has 1 aromatic rings. The van der Waals surface area contributed by atoms with Crippen molar-refractivity contribution in [3.63, 3.8) is 0 Å². The van der Waals surface area contributed by atoms with Crippen LogP contribution in [0.2, 0.25) is 0 Å². The Kier molecular flexibility index (Phi) is 2.75. The Morgan fingerprint density at radius 2 is 2.29 bits per heavy atom. The fourth-order valence-corrected chi connectivity index (χ4v) is 2.59. The molecule has 78 valence electrons. The second-order valence-electron chi connectivity index (χ2n) is 4.27. The van der Waals surface area contributed by atoms with Crippen molar-refractivity contribution in [3.05, 3.63) is 12.5 Å². The van der Waals surface area contributed by atoms with Gasteiger partial charge in [0.25, 0.3) is 0 Å². The summed E-state index contributed by atoms with van der Waals surface area (Å²) >= 11 is 0. The third-order valence-corrected chi connectivity index (χ3v) is 3.40. The van der Waals surface area contributed by atoms with Gasteiger partial charge in [-0.2, -0.15) is 0 Å². The summed E-state index contributed by atoms with van der Waals surface area (Å²) in [6.07, 6.45) is 10.5. The average molecular weight is 193 g/mol. The van der Waals surface area contributed by atoms with Crippen LogP contribution in [0.3, 0.4) is 0 Å². The summed E-state index contributed by atoms with van der Waals surface area (Å²) in [6.45, 7) is 2.28. The van der Waals surface area contributed by atoms with E-state index in [2.05, 4.69) is 16.5 Å². The number of anilines is 1. The molecule has 0 aliphatic heterocycles. The number of hydrogen-bond donors (Lipinski definition) is 1. The molecule has 2 atom stereocenters. The third-order valence-electron chi connectivity index (χ3n) is 3.40. The molecule has 2 N–H and O–H groups in total. The van der Waals surface area contributed by atoms with E-state index in [1.54, 1.807) is 0 Å². The van der Waals surface area contributed by atoms with Crippen LogP contribution in [0.25, 0.3) is 0 Å². The Morgan fingerprint density at radius 3 is 2.93 bits per heavy atom. The van der Waals surface area contributed by atoms with Crippen LogP contribution in [0.5, 0.6) is 0 Å². The molecule has 0 amide bonds. The Hall–Kier alpha value is -0.990. The number of imidazole rings is 1. The topological polar surface area (TPSA) is 43.8 Å². The van der Waals surface area contributed by atoms with Gasteiger partial charge in [0.2, 0.25) is 0 Å². The zero-order chi connectivity index (χ0) is 9.97. The number of hydrogen-bond acceptors (Lipinski definition) is 2. The summed E-state index contributed by atoms with van der Waals surface area (Å²) in [4.78, 5) is 4.10. The predicted octanol–water partition coefficient (Wildman–Crippen LogP) is 2.61. The predicted molar refractivity (Wildman–Crippen MR) is 57.9 cm³/mol. The summed E-state index contributed by atoms with van der Waals surface area (Å²) in [5.41, 5.74) is 5.64. The van der Waals surface area contributed by atoms with E-state index in [-0.39, 0.29) is 0 Å². The number of nitrogens with zero attached hydrogens (tertiary/aromatic N) is 2. The lowest BCUT2D eigenvalue weighted by Crippen LogP contribution is -2.21. The molecule has 3 heteroatoms. The molecule has 0 saturated heterocycles. The number of nitrogens with two attached hydrogens (primary N) is 1. The highest BCUT2D eigenvalue weighted by Gasteiger charge is 2.24. The quantitative estimate of drug-likeness (QED) is 0.784. The molecule has 3 nitrogen and oxygen atoms in total. The summed E-state index contributed by atoms with van der Waals surface area (Å²) in [5, 5.41) is 0. The van der Waals surface area contributed by atoms with Gasteiger partial charge in [-0.05, 0) is 18.8 Å². The molecule has 1 fully saturated rings. The number of aromatic nitrogens is 2. The lowest BCUT2D eigenvalue weighted by Gasteiger charge is -2.31. The fraction of sp³-hybridized carbons (Fsp3) is 0.727. The Labute approximate surface area is 85.3 Å². The van der Waals surface area contributed by atoms with Gasteiger partial charge >= 0.3 is 0 Å². The highest BCUT2D eigenvalue weighted by Crippen LogP contribution is 2.35. The Balaban J connectivity index is 2.14. The first-order valence-electron chi connectivity index (χ1n) is 5.60. The molecule has 1 aromatic heterocycles. The zero-order valence-corrected chi connectivity index (χ0v) is 8.82. The molecule has 0 bridgehead atoms. The normalized spacial score (nSPS) is 27.8. The van der Waals surface area contributed by atoms with Crippen LogP contribution in [0.4, 0.5) is 5.82 Å². The van der Waals surface area contributed by atoms with Crippen LogP contribution >= 0.6 is 0 Å². The standard InChI is InChI=1S/C11H19N3/c1-2-9-5-3-4-6-10(9)14-7-11(12)13-8-14/h7-10H,2-6,12H2,1H3. The molecule has 0 radical (unpaired) electrons. The van der Waals surface area contributed by atoms with Crippen molar-refractivity contribution in [2.24, 2.45) is 5.92 Å². The summed E-state index contributed by atoms with van der Waals surface area (Å²) in [7, 11) is 0. The van der Waals surface area contributed by atoms with E-state index in [1.165, 1.54) is 32.1 Å². The molecule has 1 saturated carbocycles. The van der Waals surface area contributed by atoms with Gasteiger partial charge in [0.05, 0.1) is 6.33 Å². The van der Waals surface area contributed by atoms with Crippen LogP contribution in [-0.4, -0.2) is 9.55 Å². The largest absolute Gasteiger partial charge is 0.382 e. The Morgan fingerprint density at radius 1 is 1.50 bits per heavy atom. The molecule has 2 rings (SSSR count). The average Bonchev–Trinajstić information content (AvgIpc) is 2.65. The lowest BCUT2D eigenvalue weighted by molar-refractivity contribution is 0.232. The van der Waals surface area contributed by atoms with E-state index in [9.17, 15) is 0 Å². The smallest absolute Gasteiger partial charge is 0.141 e. The summed E-state index contributed by atoms with van der Waals surface area (Å²) in [6, 6.07) is 0.638. The van der Waals surface area contributed by atoms with Crippen LogP contribution < -0.4 is 5.73 Å². The van der Waals surface area contributed by atoms with Crippen molar-refractivity contribution in [2.45, 2.75) is 45.1 Å². The summed E-state index contributed by atoms with van der Waals surface area (Å²) in [5.74, 6) is 1.46. The van der Waals surface area contributed by atoms with Crippen molar-refractivity contribution in [1.29, 1.82) is 0 Å². The van der Waals surface area contributed by atoms with Gasteiger partial charge in [0.15, 0.2) is 0 Å². The Bertz CT molecular complexity index is 292. The number of nitrogen functional groups attached to an aromatic ring is 1. The first-order valence-corrected chi connectivity index (χ1v) is 5.60. The molecule has 1 aliphatic rings. The van der Waals surface area contributed by atoms with Gasteiger partial charge < -0.3 is 10.3 Å². The zero-order valence-electron chi connectivity index (χ0n) is 8.82. The second-order valence-corrected chi connectivity index (χ2v) is 4.27. The first kappa shape index (κ1) is 9.56. The van der Waals surface area contributed by atoms with Crippen molar-refractivity contribution in [1.82, 2.24) is 9.55 Å². The fourth-order valence-electron chi connectivity index (χ4n) is 2.59. The second kappa shape index (κ2) is 4.03. The van der Waals surface area contributed by atoms with E-state index >= 15 is 0 Å². The molecular formula is C11H19N3. The highest BCUT2D eigenvalue weighted by atomic mass is 15.1. The minimum atomic E-state index is 0.638. The van der Waals surface area contributed by atoms with Crippen LogP contribution in [-0.2, 0) is 0 Å². The van der Waals surface area contributed by atoms with Crippen molar-refractivity contribution >= 4 is 5.82 Å². The maximum atomic E-state index is 5.64. The molecule has 0 spiro atoms. The van der Waals surface area contributed by atoms with E-state index in [4.69, 9.17) is 5.73 Å². The van der Waals surface area contributed by atoms with Crippen molar-refractivity contribution in [3.8, 4) is 0 Å². The monoisotopic (exact) mass is 193 g/mol. The summed E-state index contributed by atoms with van der Waals surface area (Å²) < 4.78 is 2.21. The third kappa shape index (κ3) is 1.76.